The van der Waals surface area contributed by atoms with Gasteiger partial charge in [0, 0.05) is 10.7 Å². The molecular weight excluding hydrogens is 716 g/mol. The topological polar surface area (TPSA) is 124 Å². The summed E-state index contributed by atoms with van der Waals surface area (Å²) in [5.74, 6) is -2.48. The molecule has 0 unspecified atom stereocenters. The average molecular weight is 758 g/mol. The standard InChI is InChI=1S/C33H42Br2O10/c1-5-40-30(36)24-18-22(19-25(31(37)41-6-2)28(24)44-15-11-9-13-34)17-23-20-26(32(38)42-7-3)29(45-16-12-10-14-35)27(21-23)33(39)43-8-4/h18-21H,5-17H2,1-4H3. The van der Waals surface area contributed by atoms with Crippen molar-refractivity contribution in [3.05, 3.63) is 57.6 Å². The lowest BCUT2D eigenvalue weighted by Gasteiger charge is -2.18. The van der Waals surface area contributed by atoms with Crippen LogP contribution in [-0.2, 0) is 25.4 Å². The molecule has 0 amide bonds. The molecule has 0 saturated carbocycles. The van der Waals surface area contributed by atoms with Crippen LogP contribution in [0, 0.1) is 0 Å². The van der Waals surface area contributed by atoms with Gasteiger partial charge >= 0.3 is 23.9 Å². The number of halogens is 2. The number of hydrogen-bond acceptors (Lipinski definition) is 10. The van der Waals surface area contributed by atoms with Crippen molar-refractivity contribution in [2.45, 2.75) is 59.8 Å². The van der Waals surface area contributed by atoms with Crippen molar-refractivity contribution >= 4 is 55.7 Å². The van der Waals surface area contributed by atoms with Gasteiger partial charge in [0.05, 0.1) is 39.6 Å². The molecule has 0 saturated heterocycles. The van der Waals surface area contributed by atoms with Crippen molar-refractivity contribution in [1.29, 1.82) is 0 Å². The van der Waals surface area contributed by atoms with Gasteiger partial charge in [0.15, 0.2) is 0 Å². The van der Waals surface area contributed by atoms with Crippen molar-refractivity contribution in [3.63, 3.8) is 0 Å². The van der Waals surface area contributed by atoms with Gasteiger partial charge in [-0.3, -0.25) is 0 Å². The summed E-state index contributed by atoms with van der Waals surface area (Å²) in [6.45, 7) is 7.73. The first-order chi connectivity index (χ1) is 21.8. The molecule has 12 heteroatoms. The zero-order chi connectivity index (χ0) is 33.2. The van der Waals surface area contributed by atoms with E-state index >= 15 is 0 Å². The minimum atomic E-state index is -0.660. The zero-order valence-corrected chi connectivity index (χ0v) is 29.5. The monoisotopic (exact) mass is 756 g/mol. The maximum absolute atomic E-state index is 13.1. The van der Waals surface area contributed by atoms with E-state index in [4.69, 9.17) is 28.4 Å². The Labute approximate surface area is 281 Å². The van der Waals surface area contributed by atoms with Crippen molar-refractivity contribution in [1.82, 2.24) is 0 Å². The average Bonchev–Trinajstić information content (AvgIpc) is 3.02. The third kappa shape index (κ3) is 11.6. The van der Waals surface area contributed by atoms with Gasteiger partial charge in [0.1, 0.15) is 33.8 Å². The number of unbranched alkanes of at least 4 members (excludes halogenated alkanes) is 2. The van der Waals surface area contributed by atoms with Crippen molar-refractivity contribution < 1.29 is 47.6 Å². The molecule has 0 fully saturated rings. The molecule has 0 N–H and O–H groups in total. The molecule has 0 aliphatic heterocycles. The highest BCUT2D eigenvalue weighted by Crippen LogP contribution is 2.33. The minimum Gasteiger partial charge on any atom is -0.492 e. The number of esters is 4. The Morgan fingerprint density at radius 3 is 1.04 bits per heavy atom. The smallest absolute Gasteiger partial charge is 0.341 e. The number of carbonyl (C=O) groups excluding carboxylic acids is 4. The largest absolute Gasteiger partial charge is 0.492 e. The molecule has 0 aliphatic carbocycles. The Bertz CT molecular complexity index is 1120. The Balaban J connectivity index is 2.73. The van der Waals surface area contributed by atoms with Crippen LogP contribution in [0.4, 0.5) is 0 Å². The summed E-state index contributed by atoms with van der Waals surface area (Å²) in [7, 11) is 0. The second kappa shape index (κ2) is 20.8. The molecule has 10 nitrogen and oxygen atoms in total. The second-order valence-electron chi connectivity index (χ2n) is 9.59. The number of carbonyl (C=O) groups is 4. The minimum absolute atomic E-state index is 0.0687. The first-order valence-corrected chi connectivity index (χ1v) is 17.4. The van der Waals surface area contributed by atoms with E-state index < -0.39 is 23.9 Å². The molecule has 2 rings (SSSR count). The maximum Gasteiger partial charge on any atom is 0.341 e. The zero-order valence-electron chi connectivity index (χ0n) is 26.3. The summed E-state index contributed by atoms with van der Waals surface area (Å²) in [6.07, 6.45) is 3.17. The fourth-order valence-electron chi connectivity index (χ4n) is 4.31. The molecule has 0 bridgehead atoms. The summed E-state index contributed by atoms with van der Waals surface area (Å²) in [6, 6.07) is 6.33. The van der Waals surface area contributed by atoms with Crippen LogP contribution < -0.4 is 9.47 Å². The summed E-state index contributed by atoms with van der Waals surface area (Å²) >= 11 is 6.78. The molecule has 2 aromatic rings. The van der Waals surface area contributed by atoms with E-state index in [9.17, 15) is 19.2 Å². The van der Waals surface area contributed by atoms with Gasteiger partial charge in [-0.05, 0) is 95.2 Å². The summed E-state index contributed by atoms with van der Waals surface area (Å²) in [5.41, 5.74) is 1.31. The van der Waals surface area contributed by atoms with Gasteiger partial charge in [-0.15, -0.1) is 0 Å². The lowest BCUT2D eigenvalue weighted by Crippen LogP contribution is -2.16. The predicted molar refractivity (Wildman–Crippen MR) is 177 cm³/mol. The van der Waals surface area contributed by atoms with Crippen LogP contribution in [0.2, 0.25) is 0 Å². The number of benzene rings is 2. The third-order valence-electron chi connectivity index (χ3n) is 6.24. The van der Waals surface area contributed by atoms with E-state index in [1.54, 1.807) is 52.0 Å². The summed E-state index contributed by atoms with van der Waals surface area (Å²) < 4.78 is 33.1. The molecule has 0 spiro atoms. The van der Waals surface area contributed by atoms with Crippen LogP contribution in [-0.4, -0.2) is 74.2 Å². The lowest BCUT2D eigenvalue weighted by molar-refractivity contribution is 0.0496. The quantitative estimate of drug-likeness (QED) is 0.0599. The first-order valence-electron chi connectivity index (χ1n) is 15.2. The highest BCUT2D eigenvalue weighted by Gasteiger charge is 2.27. The SMILES string of the molecule is CCOC(=O)c1cc(Cc2cc(C(=O)OCC)c(OCCCCBr)c(C(=O)OCC)c2)cc(C(=O)OCC)c1OCCCCBr. The van der Waals surface area contributed by atoms with Crippen molar-refractivity contribution in [2.24, 2.45) is 0 Å². The van der Waals surface area contributed by atoms with E-state index in [-0.39, 0.29) is 79.8 Å². The highest BCUT2D eigenvalue weighted by molar-refractivity contribution is 9.09. The molecular formula is C33H42Br2O10. The Hall–Kier alpha value is -3.12. The molecule has 0 aromatic heterocycles. The second-order valence-corrected chi connectivity index (χ2v) is 11.2. The molecule has 0 aliphatic rings. The van der Waals surface area contributed by atoms with Gasteiger partial charge in [-0.1, -0.05) is 31.9 Å². The number of alkyl halides is 2. The van der Waals surface area contributed by atoms with E-state index in [0.29, 0.717) is 24.0 Å². The van der Waals surface area contributed by atoms with Gasteiger partial charge in [0.25, 0.3) is 0 Å². The van der Waals surface area contributed by atoms with E-state index in [1.807, 2.05) is 0 Å². The Morgan fingerprint density at radius 2 is 0.800 bits per heavy atom. The summed E-state index contributed by atoms with van der Waals surface area (Å²) in [5, 5.41) is 1.57. The van der Waals surface area contributed by atoms with Gasteiger partial charge < -0.3 is 28.4 Å². The fraction of sp³-hybridized carbons (Fsp3) is 0.515. The fourth-order valence-corrected chi connectivity index (χ4v) is 5.10. The molecule has 0 atom stereocenters. The van der Waals surface area contributed by atoms with E-state index in [1.165, 1.54) is 0 Å². The van der Waals surface area contributed by atoms with Crippen LogP contribution in [0.15, 0.2) is 24.3 Å². The molecule has 0 radical (unpaired) electrons. The van der Waals surface area contributed by atoms with Crippen LogP contribution in [0.5, 0.6) is 11.5 Å². The predicted octanol–water partition coefficient (Wildman–Crippen LogP) is 7.09. The lowest BCUT2D eigenvalue weighted by atomic mass is 9.95. The van der Waals surface area contributed by atoms with Crippen LogP contribution in [0.1, 0.15) is 106 Å². The number of rotatable bonds is 20. The highest BCUT2D eigenvalue weighted by atomic mass is 79.9. The Morgan fingerprint density at radius 1 is 0.511 bits per heavy atom. The first kappa shape index (κ1) is 38.1. The van der Waals surface area contributed by atoms with E-state index in [0.717, 1.165) is 23.5 Å². The van der Waals surface area contributed by atoms with Crippen LogP contribution in [0.3, 0.4) is 0 Å². The van der Waals surface area contributed by atoms with Gasteiger partial charge in [-0.2, -0.15) is 0 Å². The number of hydrogen-bond donors (Lipinski definition) is 0. The molecule has 248 valence electrons. The van der Waals surface area contributed by atoms with Crippen LogP contribution >= 0.6 is 31.9 Å². The van der Waals surface area contributed by atoms with Crippen molar-refractivity contribution in [3.8, 4) is 11.5 Å². The summed E-state index contributed by atoms with van der Waals surface area (Å²) in [4.78, 5) is 52.4. The molecule has 2 aromatic carbocycles. The van der Waals surface area contributed by atoms with Gasteiger partial charge in [-0.25, -0.2) is 19.2 Å². The maximum atomic E-state index is 13.1. The molecule has 0 heterocycles. The number of ether oxygens (including phenoxy) is 6. The third-order valence-corrected chi connectivity index (χ3v) is 7.36. The normalized spacial score (nSPS) is 10.6. The van der Waals surface area contributed by atoms with Gasteiger partial charge in [0.2, 0.25) is 0 Å². The van der Waals surface area contributed by atoms with Crippen LogP contribution in [0.25, 0.3) is 0 Å². The van der Waals surface area contributed by atoms with Crippen molar-refractivity contribution in [2.75, 3.05) is 50.3 Å². The van der Waals surface area contributed by atoms with E-state index in [2.05, 4.69) is 31.9 Å². The Kier molecular flexibility index (Phi) is 17.6. The molecule has 45 heavy (non-hydrogen) atoms.